The van der Waals surface area contributed by atoms with Crippen LogP contribution in [0.25, 0.3) is 0 Å². The largest absolute Gasteiger partial charge is 0.405 e. The molecule has 0 spiro atoms. The first-order chi connectivity index (χ1) is 9.42. The first-order valence-electron chi connectivity index (χ1n) is 6.74. The molecule has 0 aliphatic heterocycles. The van der Waals surface area contributed by atoms with Crippen LogP contribution in [0.1, 0.15) is 25.3 Å². The summed E-state index contributed by atoms with van der Waals surface area (Å²) in [5.41, 5.74) is 1.34. The first kappa shape index (κ1) is 15.4. The van der Waals surface area contributed by atoms with Gasteiger partial charge < -0.3 is 10.2 Å². The van der Waals surface area contributed by atoms with E-state index in [1.807, 2.05) is 13.0 Å². The summed E-state index contributed by atoms with van der Waals surface area (Å²) in [5.74, 6) is 0. The maximum absolute atomic E-state index is 12.8. The minimum atomic E-state index is -4.22. The average molecular weight is 307 g/mol. The van der Waals surface area contributed by atoms with Gasteiger partial charge in [-0.25, -0.2) is 0 Å². The van der Waals surface area contributed by atoms with Gasteiger partial charge in [-0.1, -0.05) is 30.7 Å². The maximum atomic E-state index is 12.8. The first-order valence-corrected chi connectivity index (χ1v) is 7.11. The molecule has 0 unspecified atom stereocenters. The van der Waals surface area contributed by atoms with Crippen LogP contribution in [-0.4, -0.2) is 25.3 Å². The van der Waals surface area contributed by atoms with E-state index in [9.17, 15) is 13.2 Å². The number of nitrogens with zero attached hydrogens (tertiary/aromatic N) is 1. The SMILES string of the molecule is CCNCc1cccc(Cl)c1N(CC(F)(F)F)C1CC1. The molecule has 1 saturated carbocycles. The number of hydrogen-bond donors (Lipinski definition) is 1. The number of rotatable bonds is 6. The van der Waals surface area contributed by atoms with E-state index in [4.69, 9.17) is 11.6 Å². The fourth-order valence-corrected chi connectivity index (χ4v) is 2.56. The maximum Gasteiger partial charge on any atom is 0.405 e. The zero-order valence-electron chi connectivity index (χ0n) is 11.3. The van der Waals surface area contributed by atoms with Gasteiger partial charge in [0.05, 0.1) is 10.7 Å². The summed E-state index contributed by atoms with van der Waals surface area (Å²) in [6.45, 7) is 2.29. The van der Waals surface area contributed by atoms with Gasteiger partial charge in [0.2, 0.25) is 0 Å². The molecule has 0 heterocycles. The minimum absolute atomic E-state index is 0.0445. The van der Waals surface area contributed by atoms with E-state index in [1.165, 1.54) is 4.90 Å². The summed E-state index contributed by atoms with van der Waals surface area (Å²) in [6, 6.07) is 5.21. The third-order valence-electron chi connectivity index (χ3n) is 3.26. The molecule has 0 radical (unpaired) electrons. The molecule has 1 aliphatic rings. The highest BCUT2D eigenvalue weighted by Gasteiger charge is 2.39. The summed E-state index contributed by atoms with van der Waals surface area (Å²) < 4.78 is 38.4. The van der Waals surface area contributed by atoms with Gasteiger partial charge in [0, 0.05) is 12.6 Å². The van der Waals surface area contributed by atoms with Gasteiger partial charge in [0.1, 0.15) is 6.54 Å². The third-order valence-corrected chi connectivity index (χ3v) is 3.57. The van der Waals surface area contributed by atoms with E-state index >= 15 is 0 Å². The quantitative estimate of drug-likeness (QED) is 0.855. The van der Waals surface area contributed by atoms with Crippen molar-refractivity contribution in [3.05, 3.63) is 28.8 Å². The van der Waals surface area contributed by atoms with Crippen LogP contribution >= 0.6 is 11.6 Å². The van der Waals surface area contributed by atoms with Gasteiger partial charge in [-0.2, -0.15) is 13.2 Å². The van der Waals surface area contributed by atoms with Gasteiger partial charge in [0.25, 0.3) is 0 Å². The van der Waals surface area contributed by atoms with Gasteiger partial charge in [-0.05, 0) is 31.0 Å². The van der Waals surface area contributed by atoms with Gasteiger partial charge in [-0.3, -0.25) is 0 Å². The molecular weight excluding hydrogens is 289 g/mol. The molecule has 1 aromatic carbocycles. The number of hydrogen-bond acceptors (Lipinski definition) is 2. The van der Waals surface area contributed by atoms with Crippen LogP contribution in [0, 0.1) is 0 Å². The van der Waals surface area contributed by atoms with Crippen LogP contribution in [0.15, 0.2) is 18.2 Å². The Hall–Kier alpha value is -0.940. The van der Waals surface area contributed by atoms with E-state index in [0.717, 1.165) is 24.9 Å². The average Bonchev–Trinajstić information content (AvgIpc) is 3.17. The molecule has 0 aromatic heterocycles. The van der Waals surface area contributed by atoms with Crippen molar-refractivity contribution in [2.75, 3.05) is 18.0 Å². The second kappa shape index (κ2) is 6.22. The zero-order chi connectivity index (χ0) is 14.8. The molecule has 2 nitrogen and oxygen atoms in total. The highest BCUT2D eigenvalue weighted by atomic mass is 35.5. The minimum Gasteiger partial charge on any atom is -0.358 e. The van der Waals surface area contributed by atoms with Crippen molar-refractivity contribution >= 4 is 17.3 Å². The summed E-state index contributed by atoms with van der Waals surface area (Å²) in [5, 5.41) is 3.53. The highest BCUT2D eigenvalue weighted by molar-refractivity contribution is 6.33. The number of anilines is 1. The second-order valence-corrected chi connectivity index (χ2v) is 5.41. The Kier molecular flexibility index (Phi) is 4.81. The number of halogens is 4. The van der Waals surface area contributed by atoms with Crippen molar-refractivity contribution in [3.63, 3.8) is 0 Å². The van der Waals surface area contributed by atoms with Crippen LogP contribution in [0.3, 0.4) is 0 Å². The molecule has 0 atom stereocenters. The fraction of sp³-hybridized carbons (Fsp3) is 0.571. The molecule has 1 fully saturated rings. The van der Waals surface area contributed by atoms with Crippen LogP contribution < -0.4 is 10.2 Å². The number of nitrogens with one attached hydrogen (secondary N) is 1. The molecule has 6 heteroatoms. The molecular formula is C14H18ClF3N2. The van der Waals surface area contributed by atoms with Crippen molar-refractivity contribution in [1.82, 2.24) is 5.32 Å². The summed E-state index contributed by atoms with van der Waals surface area (Å²) in [7, 11) is 0. The summed E-state index contributed by atoms with van der Waals surface area (Å²) in [6.07, 6.45) is -2.64. The Bertz CT molecular complexity index is 458. The van der Waals surface area contributed by atoms with E-state index in [-0.39, 0.29) is 6.04 Å². The molecule has 0 saturated heterocycles. The standard InChI is InChI=1S/C14H18ClF3N2/c1-2-19-8-10-4-3-5-12(15)13(10)20(11-6-7-11)9-14(16,17)18/h3-5,11,19H,2,6-9H2,1H3. The normalized spacial score (nSPS) is 15.4. The van der Waals surface area contributed by atoms with Crippen LogP contribution in [0.4, 0.5) is 18.9 Å². The molecule has 1 N–H and O–H groups in total. The van der Waals surface area contributed by atoms with Gasteiger partial charge >= 0.3 is 6.18 Å². The van der Waals surface area contributed by atoms with E-state index < -0.39 is 12.7 Å². The van der Waals surface area contributed by atoms with Crippen molar-refractivity contribution in [1.29, 1.82) is 0 Å². The van der Waals surface area contributed by atoms with E-state index in [2.05, 4.69) is 5.32 Å². The monoisotopic (exact) mass is 306 g/mol. The van der Waals surface area contributed by atoms with Gasteiger partial charge in [0.15, 0.2) is 0 Å². The lowest BCUT2D eigenvalue weighted by atomic mass is 10.1. The Morgan fingerprint density at radius 1 is 1.35 bits per heavy atom. The molecule has 112 valence electrons. The highest BCUT2D eigenvalue weighted by Crippen LogP contribution is 2.39. The van der Waals surface area contributed by atoms with Crippen LogP contribution in [0.5, 0.6) is 0 Å². The topological polar surface area (TPSA) is 15.3 Å². The predicted octanol–water partition coefficient (Wildman–Crippen LogP) is 3.98. The molecule has 1 aromatic rings. The van der Waals surface area contributed by atoms with Crippen LogP contribution in [0.2, 0.25) is 5.02 Å². The number of benzene rings is 1. The molecule has 1 aliphatic carbocycles. The summed E-state index contributed by atoms with van der Waals surface area (Å²) >= 11 is 6.17. The number of para-hydroxylation sites is 1. The van der Waals surface area contributed by atoms with Crippen molar-refractivity contribution in [3.8, 4) is 0 Å². The zero-order valence-corrected chi connectivity index (χ0v) is 12.1. The van der Waals surface area contributed by atoms with Crippen LogP contribution in [-0.2, 0) is 6.54 Å². The molecule has 20 heavy (non-hydrogen) atoms. The Morgan fingerprint density at radius 3 is 2.60 bits per heavy atom. The lowest BCUT2D eigenvalue weighted by Gasteiger charge is -2.29. The Labute approximate surface area is 121 Å². The molecule has 2 rings (SSSR count). The predicted molar refractivity (Wildman–Crippen MR) is 75.3 cm³/mol. The van der Waals surface area contributed by atoms with Gasteiger partial charge in [-0.15, -0.1) is 0 Å². The van der Waals surface area contributed by atoms with Crippen molar-refractivity contribution in [2.24, 2.45) is 0 Å². The van der Waals surface area contributed by atoms with Crippen molar-refractivity contribution in [2.45, 2.75) is 38.5 Å². The molecule has 0 bridgehead atoms. The smallest absolute Gasteiger partial charge is 0.358 e. The summed E-state index contributed by atoms with van der Waals surface area (Å²) in [4.78, 5) is 1.41. The fourth-order valence-electron chi connectivity index (χ4n) is 2.25. The third kappa shape index (κ3) is 4.03. The lowest BCUT2D eigenvalue weighted by Crippen LogP contribution is -2.37. The second-order valence-electron chi connectivity index (χ2n) is 5.00. The lowest BCUT2D eigenvalue weighted by molar-refractivity contribution is -0.120. The Balaban J connectivity index is 2.31. The number of alkyl halides is 3. The Morgan fingerprint density at radius 2 is 2.05 bits per heavy atom. The van der Waals surface area contributed by atoms with Crippen molar-refractivity contribution < 1.29 is 13.2 Å². The van der Waals surface area contributed by atoms with E-state index in [1.54, 1.807) is 12.1 Å². The van der Waals surface area contributed by atoms with E-state index in [0.29, 0.717) is 17.3 Å². The molecule has 0 amide bonds.